The van der Waals surface area contributed by atoms with Gasteiger partial charge in [-0.05, 0) is 6.07 Å². The highest BCUT2D eigenvalue weighted by atomic mass is 32.2. The molecular weight excluding hydrogens is 292 g/mol. The molecular formula is C13H14N4O3S. The van der Waals surface area contributed by atoms with Crippen LogP contribution in [0, 0.1) is 0 Å². The number of benzene rings is 1. The maximum absolute atomic E-state index is 12.5. The molecule has 0 fully saturated rings. The quantitative estimate of drug-likeness (QED) is 0.758. The topological polar surface area (TPSA) is 86.0 Å². The van der Waals surface area contributed by atoms with Gasteiger partial charge in [0.15, 0.2) is 5.82 Å². The second-order valence-corrected chi connectivity index (χ2v) is 6.70. The van der Waals surface area contributed by atoms with Crippen LogP contribution in [0.25, 0.3) is 21.8 Å². The number of fused-ring (bicyclic) bond motifs is 3. The summed E-state index contributed by atoms with van der Waals surface area (Å²) in [4.78, 5) is 12.5. The van der Waals surface area contributed by atoms with Crippen molar-refractivity contribution in [2.45, 2.75) is 0 Å². The fraction of sp³-hybridized carbons (Fsp3) is 0.231. The van der Waals surface area contributed by atoms with Crippen molar-refractivity contribution in [1.29, 1.82) is 0 Å². The van der Waals surface area contributed by atoms with Crippen molar-refractivity contribution in [3.05, 3.63) is 34.6 Å². The minimum atomic E-state index is -3.51. The van der Waals surface area contributed by atoms with E-state index in [9.17, 15) is 13.2 Å². The lowest BCUT2D eigenvalue weighted by molar-refractivity contribution is 0.606. The van der Waals surface area contributed by atoms with E-state index in [0.717, 1.165) is 17.2 Å². The molecule has 7 nitrogen and oxygen atoms in total. The Morgan fingerprint density at radius 1 is 1.19 bits per heavy atom. The minimum Gasteiger partial charge on any atom is -0.311 e. The largest absolute Gasteiger partial charge is 0.311 e. The molecule has 21 heavy (non-hydrogen) atoms. The third-order valence-electron chi connectivity index (χ3n) is 3.37. The smallest absolute Gasteiger partial charge is 0.264 e. The Balaban J connectivity index is 2.55. The van der Waals surface area contributed by atoms with Gasteiger partial charge >= 0.3 is 0 Å². The molecule has 0 amide bonds. The summed E-state index contributed by atoms with van der Waals surface area (Å²) < 4.78 is 28.2. The van der Waals surface area contributed by atoms with E-state index < -0.39 is 10.0 Å². The Labute approximate surface area is 120 Å². The number of sulfonamides is 1. The van der Waals surface area contributed by atoms with Gasteiger partial charge in [0.05, 0.1) is 17.3 Å². The summed E-state index contributed by atoms with van der Waals surface area (Å²) >= 11 is 0. The summed E-state index contributed by atoms with van der Waals surface area (Å²) in [6.45, 7) is 0. The summed E-state index contributed by atoms with van der Waals surface area (Å²) in [6.07, 6.45) is 1.03. The fourth-order valence-electron chi connectivity index (χ4n) is 2.53. The van der Waals surface area contributed by atoms with Crippen molar-refractivity contribution in [1.82, 2.24) is 14.3 Å². The molecule has 0 atom stereocenters. The Hall–Kier alpha value is -2.35. The second kappa shape index (κ2) is 4.32. The van der Waals surface area contributed by atoms with Crippen LogP contribution in [-0.4, -0.2) is 29.0 Å². The molecule has 0 aliphatic heterocycles. The molecule has 110 valence electrons. The highest BCUT2D eigenvalue weighted by molar-refractivity contribution is 7.92. The summed E-state index contributed by atoms with van der Waals surface area (Å²) in [5.74, 6) is 0.0568. The number of anilines is 1. The first-order valence-corrected chi connectivity index (χ1v) is 8.11. The van der Waals surface area contributed by atoms with Crippen LogP contribution in [-0.2, 0) is 24.1 Å². The molecule has 0 radical (unpaired) electrons. The van der Waals surface area contributed by atoms with E-state index in [-0.39, 0.29) is 16.8 Å². The minimum absolute atomic E-state index is 0.0568. The Bertz CT molecular complexity index is 1030. The van der Waals surface area contributed by atoms with Gasteiger partial charge in [0.1, 0.15) is 5.39 Å². The molecule has 1 aromatic carbocycles. The maximum atomic E-state index is 12.5. The number of aromatic nitrogens is 3. The third kappa shape index (κ3) is 2.07. The van der Waals surface area contributed by atoms with Crippen LogP contribution in [0.4, 0.5) is 5.82 Å². The van der Waals surface area contributed by atoms with E-state index in [0.29, 0.717) is 5.52 Å². The lowest BCUT2D eigenvalue weighted by Crippen LogP contribution is -2.19. The monoisotopic (exact) mass is 306 g/mol. The molecule has 3 rings (SSSR count). The zero-order valence-electron chi connectivity index (χ0n) is 11.8. The van der Waals surface area contributed by atoms with Crippen LogP contribution in [0.3, 0.4) is 0 Å². The van der Waals surface area contributed by atoms with E-state index in [1.54, 1.807) is 14.1 Å². The molecule has 0 spiro atoms. The number of pyridine rings is 1. The van der Waals surface area contributed by atoms with Crippen molar-refractivity contribution in [3.63, 3.8) is 0 Å². The molecule has 2 aromatic heterocycles. The Morgan fingerprint density at radius 3 is 2.52 bits per heavy atom. The van der Waals surface area contributed by atoms with Gasteiger partial charge in [-0.15, -0.1) is 0 Å². The first-order chi connectivity index (χ1) is 9.79. The lowest BCUT2D eigenvalue weighted by Gasteiger charge is -2.07. The van der Waals surface area contributed by atoms with E-state index in [2.05, 4.69) is 9.82 Å². The van der Waals surface area contributed by atoms with Gasteiger partial charge in [-0.1, -0.05) is 18.2 Å². The van der Waals surface area contributed by atoms with Gasteiger partial charge in [0.2, 0.25) is 10.0 Å². The molecule has 0 aliphatic carbocycles. The van der Waals surface area contributed by atoms with Crippen LogP contribution in [0.5, 0.6) is 0 Å². The van der Waals surface area contributed by atoms with E-state index >= 15 is 0 Å². The van der Waals surface area contributed by atoms with Crippen LogP contribution >= 0.6 is 0 Å². The van der Waals surface area contributed by atoms with Crippen LogP contribution in [0.1, 0.15) is 0 Å². The number of hydrogen-bond donors (Lipinski definition) is 1. The number of nitrogens with one attached hydrogen (secondary N) is 1. The average molecular weight is 306 g/mol. The highest BCUT2D eigenvalue weighted by Crippen LogP contribution is 2.26. The number of para-hydroxylation sites is 1. The molecule has 8 heteroatoms. The van der Waals surface area contributed by atoms with E-state index in [1.165, 1.54) is 9.25 Å². The first kappa shape index (κ1) is 13.6. The average Bonchev–Trinajstić information content (AvgIpc) is 2.70. The zero-order chi connectivity index (χ0) is 15.4. The van der Waals surface area contributed by atoms with Crippen molar-refractivity contribution in [2.75, 3.05) is 11.0 Å². The number of rotatable bonds is 2. The van der Waals surface area contributed by atoms with Crippen molar-refractivity contribution in [2.24, 2.45) is 14.1 Å². The molecule has 0 aliphatic rings. The summed E-state index contributed by atoms with van der Waals surface area (Å²) in [5.41, 5.74) is 1.09. The van der Waals surface area contributed by atoms with Crippen LogP contribution < -0.4 is 10.3 Å². The van der Waals surface area contributed by atoms with Crippen molar-refractivity contribution >= 4 is 37.6 Å². The maximum Gasteiger partial charge on any atom is 0.264 e. The van der Waals surface area contributed by atoms with Gasteiger partial charge in [-0.25, -0.2) is 8.42 Å². The SMILES string of the molecule is Cn1nc(NS(C)(=O)=O)c2c(=O)n(C)c3ccccc3c21. The zero-order valence-corrected chi connectivity index (χ0v) is 12.6. The van der Waals surface area contributed by atoms with E-state index in [4.69, 9.17) is 0 Å². The third-order valence-corrected chi connectivity index (χ3v) is 3.93. The predicted octanol–water partition coefficient (Wildman–Crippen LogP) is 0.797. The molecule has 0 saturated heterocycles. The lowest BCUT2D eigenvalue weighted by atomic mass is 10.1. The highest BCUT2D eigenvalue weighted by Gasteiger charge is 2.19. The molecule has 1 N–H and O–H groups in total. The fourth-order valence-corrected chi connectivity index (χ4v) is 3.02. The standard InChI is InChI=1S/C13H14N4O3S/c1-16-9-7-5-4-6-8(9)11-10(13(16)18)12(14-17(11)2)15-21(3,19)20/h4-7H,1-3H3,(H,14,15). The molecule has 0 saturated carbocycles. The summed E-state index contributed by atoms with van der Waals surface area (Å²) in [5, 5.41) is 5.25. The molecule has 3 aromatic rings. The number of nitrogens with zero attached hydrogens (tertiary/aromatic N) is 3. The number of hydrogen-bond acceptors (Lipinski definition) is 4. The summed E-state index contributed by atoms with van der Waals surface area (Å²) in [6, 6.07) is 7.43. The normalized spacial score (nSPS) is 12.1. The predicted molar refractivity (Wildman–Crippen MR) is 81.9 cm³/mol. The molecule has 2 heterocycles. The van der Waals surface area contributed by atoms with Crippen molar-refractivity contribution in [3.8, 4) is 0 Å². The van der Waals surface area contributed by atoms with Crippen molar-refractivity contribution < 1.29 is 8.42 Å². The van der Waals surface area contributed by atoms with E-state index in [1.807, 2.05) is 24.3 Å². The van der Waals surface area contributed by atoms with Gasteiger partial charge < -0.3 is 4.57 Å². The van der Waals surface area contributed by atoms with Gasteiger partial charge in [-0.3, -0.25) is 14.2 Å². The second-order valence-electron chi connectivity index (χ2n) is 4.95. The first-order valence-electron chi connectivity index (χ1n) is 6.22. The molecule has 0 bridgehead atoms. The Kier molecular flexibility index (Phi) is 2.80. The van der Waals surface area contributed by atoms with Crippen LogP contribution in [0.2, 0.25) is 0 Å². The molecule has 0 unspecified atom stereocenters. The van der Waals surface area contributed by atoms with Gasteiger partial charge in [0.25, 0.3) is 5.56 Å². The van der Waals surface area contributed by atoms with Gasteiger partial charge in [0, 0.05) is 19.5 Å². The number of aryl methyl sites for hydroxylation is 2. The van der Waals surface area contributed by atoms with Gasteiger partial charge in [-0.2, -0.15) is 5.10 Å². The van der Waals surface area contributed by atoms with Crippen LogP contribution in [0.15, 0.2) is 29.1 Å². The Morgan fingerprint density at radius 2 is 1.86 bits per heavy atom. The summed E-state index contributed by atoms with van der Waals surface area (Å²) in [7, 11) is -0.176.